The summed E-state index contributed by atoms with van der Waals surface area (Å²) in [7, 11) is 1.67. The van der Waals surface area contributed by atoms with E-state index in [0.29, 0.717) is 6.54 Å². The zero-order valence-corrected chi connectivity index (χ0v) is 15.4. The normalized spacial score (nSPS) is 14.6. The van der Waals surface area contributed by atoms with Gasteiger partial charge in [-0.1, -0.05) is 37.3 Å². The molecule has 25 heavy (non-hydrogen) atoms. The van der Waals surface area contributed by atoms with E-state index in [1.807, 2.05) is 42.5 Å². The summed E-state index contributed by atoms with van der Waals surface area (Å²) in [5.74, 6) is 1.64. The number of rotatable bonds is 10. The van der Waals surface area contributed by atoms with Crippen molar-refractivity contribution in [1.29, 1.82) is 0 Å². The monoisotopic (exact) mass is 343 g/mol. The average molecular weight is 343 g/mol. The van der Waals surface area contributed by atoms with Crippen LogP contribution in [-0.4, -0.2) is 37.0 Å². The average Bonchev–Trinajstić information content (AvgIpc) is 2.66. The van der Waals surface area contributed by atoms with E-state index in [1.54, 1.807) is 7.11 Å². The Morgan fingerprint density at radius 2 is 1.72 bits per heavy atom. The van der Waals surface area contributed by atoms with Gasteiger partial charge in [-0.2, -0.15) is 0 Å². The molecule has 2 atom stereocenters. The van der Waals surface area contributed by atoms with E-state index in [2.05, 4.69) is 31.3 Å². The fraction of sp³-hybridized carbons (Fsp3) is 0.429. The van der Waals surface area contributed by atoms with Gasteiger partial charge in [0.1, 0.15) is 24.2 Å². The Balaban J connectivity index is 1.82. The molecule has 0 saturated carbocycles. The molecular formula is C21H29NO3. The highest BCUT2D eigenvalue weighted by atomic mass is 16.5. The number of aliphatic hydroxyl groups excluding tert-OH is 1. The molecular weight excluding hydrogens is 314 g/mol. The molecule has 2 aromatic rings. The summed E-state index contributed by atoms with van der Waals surface area (Å²) in [6, 6.07) is 17.7. The minimum atomic E-state index is -0.554. The Bertz CT molecular complexity index is 615. The first-order chi connectivity index (χ1) is 12.0. The van der Waals surface area contributed by atoms with E-state index in [1.165, 1.54) is 5.56 Å². The number of aliphatic hydroxyl groups is 1. The highest BCUT2D eigenvalue weighted by Crippen LogP contribution is 2.19. The molecule has 0 saturated heterocycles. The third kappa shape index (κ3) is 6.40. The van der Waals surface area contributed by atoms with Crippen LogP contribution >= 0.6 is 0 Å². The molecule has 0 heterocycles. The van der Waals surface area contributed by atoms with Gasteiger partial charge in [-0.15, -0.1) is 0 Å². The number of nitrogens with one attached hydrogen (secondary N) is 1. The quantitative estimate of drug-likeness (QED) is 0.694. The highest BCUT2D eigenvalue weighted by Gasteiger charge is 2.23. The first-order valence-corrected chi connectivity index (χ1v) is 8.78. The minimum Gasteiger partial charge on any atom is -0.497 e. The van der Waals surface area contributed by atoms with Gasteiger partial charge >= 0.3 is 0 Å². The second-order valence-corrected chi connectivity index (χ2v) is 6.60. The van der Waals surface area contributed by atoms with Gasteiger partial charge in [0, 0.05) is 12.1 Å². The van der Waals surface area contributed by atoms with Gasteiger partial charge in [-0.25, -0.2) is 0 Å². The van der Waals surface area contributed by atoms with E-state index in [0.717, 1.165) is 24.3 Å². The van der Waals surface area contributed by atoms with Crippen molar-refractivity contribution in [3.05, 3.63) is 60.2 Å². The van der Waals surface area contributed by atoms with E-state index < -0.39 is 6.10 Å². The molecule has 2 unspecified atom stereocenters. The molecule has 4 nitrogen and oxygen atoms in total. The van der Waals surface area contributed by atoms with E-state index in [4.69, 9.17) is 9.47 Å². The molecule has 0 aliphatic carbocycles. The summed E-state index contributed by atoms with van der Waals surface area (Å²) in [4.78, 5) is 0. The molecule has 0 aromatic heterocycles. The Morgan fingerprint density at radius 3 is 2.32 bits per heavy atom. The molecule has 2 rings (SSSR count). The maximum Gasteiger partial charge on any atom is 0.119 e. The van der Waals surface area contributed by atoms with Crippen LogP contribution in [0, 0.1) is 0 Å². The van der Waals surface area contributed by atoms with Crippen LogP contribution in [0.4, 0.5) is 0 Å². The number of methoxy groups -OCH3 is 1. The van der Waals surface area contributed by atoms with Gasteiger partial charge in [0.15, 0.2) is 0 Å². The van der Waals surface area contributed by atoms with Gasteiger partial charge in [-0.05, 0) is 49.6 Å². The van der Waals surface area contributed by atoms with Gasteiger partial charge in [0.25, 0.3) is 0 Å². The number of β-amino-alcohol motifs (C(OH)–C–C–N with tert-alkyl or cyclic N) is 1. The first kappa shape index (κ1) is 19.3. The van der Waals surface area contributed by atoms with Crippen molar-refractivity contribution in [3.63, 3.8) is 0 Å². The van der Waals surface area contributed by atoms with Crippen LogP contribution in [0.1, 0.15) is 25.8 Å². The van der Waals surface area contributed by atoms with E-state index in [9.17, 15) is 5.11 Å². The fourth-order valence-electron chi connectivity index (χ4n) is 2.64. The summed E-state index contributed by atoms with van der Waals surface area (Å²) in [5, 5.41) is 13.7. The molecule has 4 heteroatoms. The topological polar surface area (TPSA) is 50.7 Å². The third-order valence-corrected chi connectivity index (χ3v) is 4.48. The summed E-state index contributed by atoms with van der Waals surface area (Å²) >= 11 is 0. The smallest absolute Gasteiger partial charge is 0.119 e. The number of ether oxygens (including phenoxy) is 2. The molecule has 0 amide bonds. The SMILES string of the molecule is CCC(C)(Cc1ccc(OC)cc1)NCC(O)COc1ccccc1. The molecule has 0 spiro atoms. The second-order valence-electron chi connectivity index (χ2n) is 6.60. The first-order valence-electron chi connectivity index (χ1n) is 8.78. The summed E-state index contributed by atoms with van der Waals surface area (Å²) < 4.78 is 10.8. The lowest BCUT2D eigenvalue weighted by Crippen LogP contribution is -2.48. The highest BCUT2D eigenvalue weighted by molar-refractivity contribution is 5.28. The molecule has 136 valence electrons. The zero-order chi connectivity index (χ0) is 18.1. The van der Waals surface area contributed by atoms with Crippen LogP contribution in [0.3, 0.4) is 0 Å². The number of para-hydroxylation sites is 1. The molecule has 2 aromatic carbocycles. The number of hydrogen-bond donors (Lipinski definition) is 2. The van der Waals surface area contributed by atoms with Crippen molar-refractivity contribution in [2.24, 2.45) is 0 Å². The molecule has 0 aliphatic heterocycles. The van der Waals surface area contributed by atoms with Crippen LogP contribution < -0.4 is 14.8 Å². The minimum absolute atomic E-state index is 0.0810. The lowest BCUT2D eigenvalue weighted by atomic mass is 9.90. The Kier molecular flexibility index (Phi) is 7.29. The molecule has 0 fully saturated rings. The van der Waals surface area contributed by atoms with Crippen LogP contribution in [0.5, 0.6) is 11.5 Å². The number of hydrogen-bond acceptors (Lipinski definition) is 4. The van der Waals surface area contributed by atoms with Crippen molar-refractivity contribution in [1.82, 2.24) is 5.32 Å². The standard InChI is InChI=1S/C21H29NO3/c1-4-21(2,14-17-10-12-19(24-3)13-11-17)22-15-18(23)16-25-20-8-6-5-7-9-20/h5-13,18,22-23H,4,14-16H2,1-3H3. The third-order valence-electron chi connectivity index (χ3n) is 4.48. The predicted molar refractivity (Wildman–Crippen MR) is 101 cm³/mol. The van der Waals surface area contributed by atoms with Crippen LogP contribution in [0.15, 0.2) is 54.6 Å². The molecule has 2 N–H and O–H groups in total. The van der Waals surface area contributed by atoms with Crippen LogP contribution in [0.2, 0.25) is 0 Å². The maximum absolute atomic E-state index is 10.2. The van der Waals surface area contributed by atoms with Crippen molar-refractivity contribution >= 4 is 0 Å². The van der Waals surface area contributed by atoms with Crippen LogP contribution in [-0.2, 0) is 6.42 Å². The lowest BCUT2D eigenvalue weighted by molar-refractivity contribution is 0.0970. The van der Waals surface area contributed by atoms with Gasteiger partial charge in [0.2, 0.25) is 0 Å². The van der Waals surface area contributed by atoms with Crippen molar-refractivity contribution in [2.75, 3.05) is 20.3 Å². The largest absolute Gasteiger partial charge is 0.497 e. The summed E-state index contributed by atoms with van der Waals surface area (Å²) in [6.07, 6.45) is 1.30. The van der Waals surface area contributed by atoms with Crippen molar-refractivity contribution < 1.29 is 14.6 Å². The number of benzene rings is 2. The summed E-state index contributed by atoms with van der Waals surface area (Å²) in [6.45, 7) is 5.11. The van der Waals surface area contributed by atoms with Crippen molar-refractivity contribution in [3.8, 4) is 11.5 Å². The predicted octanol–water partition coefficient (Wildman–Crippen LogP) is 3.44. The van der Waals surface area contributed by atoms with E-state index in [-0.39, 0.29) is 12.1 Å². The van der Waals surface area contributed by atoms with Gasteiger partial charge in [0.05, 0.1) is 7.11 Å². The van der Waals surface area contributed by atoms with Crippen LogP contribution in [0.25, 0.3) is 0 Å². The van der Waals surface area contributed by atoms with Gasteiger partial charge < -0.3 is 19.9 Å². The van der Waals surface area contributed by atoms with Gasteiger partial charge in [-0.3, -0.25) is 0 Å². The molecule has 0 aliphatic rings. The van der Waals surface area contributed by atoms with E-state index >= 15 is 0 Å². The Morgan fingerprint density at radius 1 is 1.04 bits per heavy atom. The molecule has 0 bridgehead atoms. The van der Waals surface area contributed by atoms with Crippen molar-refractivity contribution in [2.45, 2.75) is 38.3 Å². The maximum atomic E-state index is 10.2. The Hall–Kier alpha value is -2.04. The summed E-state index contributed by atoms with van der Waals surface area (Å²) in [5.41, 5.74) is 1.16. The zero-order valence-electron chi connectivity index (χ0n) is 15.4. The lowest BCUT2D eigenvalue weighted by Gasteiger charge is -2.31. The Labute approximate surface area is 150 Å². The second kappa shape index (κ2) is 9.44. The fourth-order valence-corrected chi connectivity index (χ4v) is 2.64. The molecule has 0 radical (unpaired) electrons.